The van der Waals surface area contributed by atoms with E-state index in [1.165, 1.54) is 0 Å². The lowest BCUT2D eigenvalue weighted by molar-refractivity contribution is -0.127. The van der Waals surface area contributed by atoms with Gasteiger partial charge in [0.1, 0.15) is 0 Å². The van der Waals surface area contributed by atoms with Gasteiger partial charge in [0.25, 0.3) is 0 Å². The predicted octanol–water partition coefficient (Wildman–Crippen LogP) is 1.24. The van der Waals surface area contributed by atoms with Crippen LogP contribution in [-0.4, -0.2) is 36.5 Å². The van der Waals surface area contributed by atoms with Gasteiger partial charge in [0, 0.05) is 18.6 Å². The van der Waals surface area contributed by atoms with E-state index in [2.05, 4.69) is 38.0 Å². The maximum Gasteiger partial charge on any atom is 0.225 e. The fraction of sp³-hybridized carbons (Fsp3) is 0.917. The fourth-order valence-corrected chi connectivity index (χ4v) is 2.56. The molecule has 1 atom stereocenters. The molecule has 1 aliphatic carbocycles. The van der Waals surface area contributed by atoms with Gasteiger partial charge in [0.15, 0.2) is 0 Å². The molecule has 1 unspecified atom stereocenters. The van der Waals surface area contributed by atoms with E-state index in [9.17, 15) is 4.79 Å². The SMILES string of the molecule is CN1CC(C(=O)NC2(C)CC2)C(C)(C)C1. The Hall–Kier alpha value is -0.570. The van der Waals surface area contributed by atoms with Gasteiger partial charge in [-0.25, -0.2) is 0 Å². The quantitative estimate of drug-likeness (QED) is 0.744. The minimum absolute atomic E-state index is 0.115. The lowest BCUT2D eigenvalue weighted by atomic mass is 9.81. The number of hydrogen-bond donors (Lipinski definition) is 1. The molecule has 2 rings (SSSR count). The molecule has 1 aliphatic heterocycles. The van der Waals surface area contributed by atoms with E-state index in [1.807, 2.05) is 0 Å². The molecule has 2 fully saturated rings. The minimum atomic E-state index is 0.115. The molecule has 2 aliphatic rings. The molecule has 3 heteroatoms. The molecule has 0 aromatic rings. The van der Waals surface area contributed by atoms with Crippen LogP contribution in [0.15, 0.2) is 0 Å². The van der Waals surface area contributed by atoms with Crippen molar-refractivity contribution in [2.45, 2.75) is 39.2 Å². The molecule has 0 radical (unpaired) electrons. The third-order valence-corrected chi connectivity index (χ3v) is 3.86. The minimum Gasteiger partial charge on any atom is -0.351 e. The Bertz CT molecular complexity index is 281. The number of carbonyl (C=O) groups excluding carboxylic acids is 1. The number of hydrogen-bond acceptors (Lipinski definition) is 2. The molecular formula is C12H22N2O. The van der Waals surface area contributed by atoms with Gasteiger partial charge >= 0.3 is 0 Å². The van der Waals surface area contributed by atoms with Crippen molar-refractivity contribution in [3.63, 3.8) is 0 Å². The van der Waals surface area contributed by atoms with Gasteiger partial charge in [-0.3, -0.25) is 4.79 Å². The second kappa shape index (κ2) is 3.21. The van der Waals surface area contributed by atoms with Crippen molar-refractivity contribution in [3.05, 3.63) is 0 Å². The molecule has 1 amide bonds. The summed E-state index contributed by atoms with van der Waals surface area (Å²) in [6, 6.07) is 0. The largest absolute Gasteiger partial charge is 0.351 e. The van der Waals surface area contributed by atoms with Gasteiger partial charge in [0.05, 0.1) is 5.92 Å². The van der Waals surface area contributed by atoms with Crippen LogP contribution in [0.5, 0.6) is 0 Å². The van der Waals surface area contributed by atoms with Gasteiger partial charge in [-0.1, -0.05) is 13.8 Å². The van der Waals surface area contributed by atoms with Crippen LogP contribution in [0.2, 0.25) is 0 Å². The van der Waals surface area contributed by atoms with Crippen LogP contribution in [0, 0.1) is 11.3 Å². The van der Waals surface area contributed by atoms with Crippen molar-refractivity contribution in [2.75, 3.05) is 20.1 Å². The molecule has 15 heavy (non-hydrogen) atoms. The Morgan fingerprint density at radius 1 is 1.33 bits per heavy atom. The Balaban J connectivity index is 2.00. The van der Waals surface area contributed by atoms with E-state index in [4.69, 9.17) is 0 Å². The number of carbonyl (C=O) groups is 1. The Morgan fingerprint density at radius 2 is 1.93 bits per heavy atom. The first kappa shape index (κ1) is 10.9. The maximum atomic E-state index is 12.1. The highest BCUT2D eigenvalue weighted by molar-refractivity contribution is 5.81. The topological polar surface area (TPSA) is 32.3 Å². The molecule has 1 N–H and O–H groups in total. The highest BCUT2D eigenvalue weighted by atomic mass is 16.2. The van der Waals surface area contributed by atoms with Crippen molar-refractivity contribution >= 4 is 5.91 Å². The van der Waals surface area contributed by atoms with E-state index in [0.717, 1.165) is 25.9 Å². The van der Waals surface area contributed by atoms with Crippen LogP contribution in [0.3, 0.4) is 0 Å². The lowest BCUT2D eigenvalue weighted by Gasteiger charge is -2.26. The van der Waals surface area contributed by atoms with Gasteiger partial charge in [0.2, 0.25) is 5.91 Å². The predicted molar refractivity (Wildman–Crippen MR) is 60.5 cm³/mol. The van der Waals surface area contributed by atoms with Crippen molar-refractivity contribution in [2.24, 2.45) is 11.3 Å². The van der Waals surface area contributed by atoms with Gasteiger partial charge < -0.3 is 10.2 Å². The van der Waals surface area contributed by atoms with Crippen LogP contribution in [0.4, 0.5) is 0 Å². The summed E-state index contributed by atoms with van der Waals surface area (Å²) in [6.07, 6.45) is 2.28. The average molecular weight is 210 g/mol. The van der Waals surface area contributed by atoms with Crippen LogP contribution in [-0.2, 0) is 4.79 Å². The first-order valence-electron chi connectivity index (χ1n) is 5.83. The van der Waals surface area contributed by atoms with Crippen molar-refractivity contribution in [1.29, 1.82) is 0 Å². The summed E-state index contributed by atoms with van der Waals surface area (Å²) in [5, 5.41) is 3.18. The summed E-state index contributed by atoms with van der Waals surface area (Å²) in [4.78, 5) is 14.4. The van der Waals surface area contributed by atoms with E-state index in [0.29, 0.717) is 0 Å². The van der Waals surface area contributed by atoms with E-state index < -0.39 is 0 Å². The van der Waals surface area contributed by atoms with E-state index in [1.54, 1.807) is 0 Å². The summed E-state index contributed by atoms with van der Waals surface area (Å²) >= 11 is 0. The molecule has 0 bridgehead atoms. The summed E-state index contributed by atoms with van der Waals surface area (Å²) in [5.41, 5.74) is 0.235. The van der Waals surface area contributed by atoms with Gasteiger partial charge in [-0.15, -0.1) is 0 Å². The van der Waals surface area contributed by atoms with Gasteiger partial charge in [-0.05, 0) is 32.2 Å². The zero-order valence-corrected chi connectivity index (χ0v) is 10.3. The zero-order chi connectivity index (χ0) is 11.3. The molecule has 1 saturated heterocycles. The summed E-state index contributed by atoms with van der Waals surface area (Å²) in [7, 11) is 2.09. The molecule has 86 valence electrons. The van der Waals surface area contributed by atoms with Crippen LogP contribution >= 0.6 is 0 Å². The smallest absolute Gasteiger partial charge is 0.225 e. The van der Waals surface area contributed by atoms with Crippen LogP contribution in [0.25, 0.3) is 0 Å². The van der Waals surface area contributed by atoms with Crippen LogP contribution < -0.4 is 5.32 Å². The van der Waals surface area contributed by atoms with Crippen molar-refractivity contribution in [3.8, 4) is 0 Å². The number of rotatable bonds is 2. The second-order valence-corrected chi connectivity index (χ2v) is 6.29. The zero-order valence-electron chi connectivity index (χ0n) is 10.3. The maximum absolute atomic E-state index is 12.1. The highest BCUT2D eigenvalue weighted by Crippen LogP contribution is 2.38. The summed E-state index contributed by atoms with van der Waals surface area (Å²) < 4.78 is 0. The number of nitrogens with zero attached hydrogens (tertiary/aromatic N) is 1. The molecular weight excluding hydrogens is 188 g/mol. The van der Waals surface area contributed by atoms with Crippen molar-refractivity contribution in [1.82, 2.24) is 10.2 Å². The first-order chi connectivity index (χ1) is 6.82. The molecule has 1 saturated carbocycles. The van der Waals surface area contributed by atoms with Crippen LogP contribution in [0.1, 0.15) is 33.6 Å². The molecule has 0 spiro atoms. The summed E-state index contributed by atoms with van der Waals surface area (Å²) in [5.74, 6) is 0.407. The van der Waals surface area contributed by atoms with E-state index >= 15 is 0 Å². The lowest BCUT2D eigenvalue weighted by Crippen LogP contribution is -2.43. The highest BCUT2D eigenvalue weighted by Gasteiger charge is 2.46. The fourth-order valence-electron chi connectivity index (χ4n) is 2.56. The Morgan fingerprint density at radius 3 is 2.33 bits per heavy atom. The third kappa shape index (κ3) is 2.17. The Kier molecular flexibility index (Phi) is 2.34. The average Bonchev–Trinajstić information content (AvgIpc) is 2.70. The summed E-state index contributed by atoms with van der Waals surface area (Å²) in [6.45, 7) is 8.43. The number of likely N-dealkylation sites (tertiary alicyclic amines) is 1. The molecule has 1 heterocycles. The number of amides is 1. The molecule has 0 aromatic carbocycles. The Labute approximate surface area is 92.2 Å². The third-order valence-electron chi connectivity index (χ3n) is 3.86. The molecule has 0 aromatic heterocycles. The monoisotopic (exact) mass is 210 g/mol. The number of nitrogens with one attached hydrogen (secondary N) is 1. The second-order valence-electron chi connectivity index (χ2n) is 6.29. The standard InChI is InChI=1S/C12H22N2O/c1-11(2)8-14(4)7-9(11)10(15)13-12(3)5-6-12/h9H,5-8H2,1-4H3,(H,13,15). The molecule has 3 nitrogen and oxygen atoms in total. The van der Waals surface area contributed by atoms with Gasteiger partial charge in [-0.2, -0.15) is 0 Å². The normalized spacial score (nSPS) is 32.7. The van der Waals surface area contributed by atoms with E-state index in [-0.39, 0.29) is 22.8 Å². The first-order valence-corrected chi connectivity index (χ1v) is 5.83. The van der Waals surface area contributed by atoms with Crippen molar-refractivity contribution < 1.29 is 4.79 Å².